The first-order valence-electron chi connectivity index (χ1n) is 8.17. The molecule has 0 fully saturated rings. The largest absolute Gasteiger partial charge is 0.588 e. The summed E-state index contributed by atoms with van der Waals surface area (Å²) in [6.45, 7) is 0. The zero-order chi connectivity index (χ0) is 21.0. The van der Waals surface area contributed by atoms with Crippen LogP contribution >= 0.6 is 22.9 Å². The molecule has 11 heteroatoms. The van der Waals surface area contributed by atoms with Crippen LogP contribution in [0.1, 0.15) is 4.88 Å². The van der Waals surface area contributed by atoms with Crippen molar-refractivity contribution in [3.63, 3.8) is 0 Å². The van der Waals surface area contributed by atoms with Crippen molar-refractivity contribution in [2.24, 2.45) is 0 Å². The number of aromatic nitrogens is 1. The number of nitrogens with zero attached hydrogens (tertiary/aromatic N) is 2. The van der Waals surface area contributed by atoms with Crippen LogP contribution in [0.15, 0.2) is 47.4 Å². The third-order valence-corrected chi connectivity index (χ3v) is 6.48. The minimum absolute atomic E-state index is 0.0422. The van der Waals surface area contributed by atoms with Gasteiger partial charge in [0.05, 0.1) is 30.7 Å². The molecule has 152 valence electrons. The zero-order valence-corrected chi connectivity index (χ0v) is 17.8. The van der Waals surface area contributed by atoms with E-state index in [1.54, 1.807) is 30.3 Å². The lowest BCUT2D eigenvalue weighted by molar-refractivity contribution is -0.384. The van der Waals surface area contributed by atoms with Gasteiger partial charge in [-0.3, -0.25) is 10.1 Å². The van der Waals surface area contributed by atoms with Crippen LogP contribution < -0.4 is 14.2 Å². The highest BCUT2D eigenvalue weighted by atomic mass is 35.5. The number of hydrogen-bond donors (Lipinski definition) is 1. The number of nitro benzene ring substituents is 1. The summed E-state index contributed by atoms with van der Waals surface area (Å²) in [4.78, 5) is 16.2. The quantitative estimate of drug-likeness (QED) is 0.229. The van der Waals surface area contributed by atoms with E-state index in [0.717, 1.165) is 0 Å². The van der Waals surface area contributed by atoms with Crippen molar-refractivity contribution in [1.82, 2.24) is 4.98 Å². The molecule has 0 saturated carbocycles. The Labute approximate surface area is 178 Å². The molecule has 0 saturated heterocycles. The van der Waals surface area contributed by atoms with Gasteiger partial charge in [-0.2, -0.15) is 4.72 Å². The van der Waals surface area contributed by atoms with E-state index in [1.165, 1.54) is 37.7 Å². The van der Waals surface area contributed by atoms with Gasteiger partial charge >= 0.3 is 0 Å². The Morgan fingerprint density at radius 3 is 2.62 bits per heavy atom. The number of alkyl halides is 1. The molecule has 0 aliphatic heterocycles. The number of nitro groups is 1. The van der Waals surface area contributed by atoms with E-state index in [4.69, 9.17) is 21.1 Å². The Kier molecular flexibility index (Phi) is 6.80. The average Bonchev–Trinajstić information content (AvgIpc) is 3.16. The summed E-state index contributed by atoms with van der Waals surface area (Å²) >= 11 is 5.65. The van der Waals surface area contributed by atoms with Gasteiger partial charge in [-0.1, -0.05) is 23.5 Å². The van der Waals surface area contributed by atoms with Gasteiger partial charge in [0.15, 0.2) is 16.4 Å². The molecule has 0 aliphatic carbocycles. The van der Waals surface area contributed by atoms with Crippen LogP contribution in [0.2, 0.25) is 0 Å². The Bertz CT molecular complexity index is 1030. The molecule has 0 radical (unpaired) electrons. The lowest BCUT2D eigenvalue weighted by atomic mass is 10.1. The van der Waals surface area contributed by atoms with Crippen LogP contribution in [-0.2, 0) is 17.2 Å². The van der Waals surface area contributed by atoms with Crippen molar-refractivity contribution in [2.75, 3.05) is 18.9 Å². The summed E-state index contributed by atoms with van der Waals surface area (Å²) in [5.41, 5.74) is 1.04. The van der Waals surface area contributed by atoms with Gasteiger partial charge in [0.1, 0.15) is 11.4 Å². The molecule has 29 heavy (non-hydrogen) atoms. The SMILES string of the molecule is COc1ccc([S+]([O-])Nc2nc(-c3cccc([N+](=O)[O-])c3)c(CCl)s2)cc1OC. The van der Waals surface area contributed by atoms with Gasteiger partial charge in [0.25, 0.3) is 5.69 Å². The van der Waals surface area contributed by atoms with E-state index in [1.807, 2.05) is 0 Å². The summed E-state index contributed by atoms with van der Waals surface area (Å²) in [7, 11) is 3.02. The lowest BCUT2D eigenvalue weighted by Gasteiger charge is -2.12. The predicted octanol–water partition coefficient (Wildman–Crippen LogP) is 4.61. The van der Waals surface area contributed by atoms with E-state index in [-0.39, 0.29) is 11.6 Å². The Balaban J connectivity index is 1.87. The molecule has 1 atom stereocenters. The number of rotatable bonds is 8. The molecule has 1 unspecified atom stereocenters. The van der Waals surface area contributed by atoms with Crippen LogP contribution in [0.4, 0.5) is 10.8 Å². The number of anilines is 1. The van der Waals surface area contributed by atoms with Crippen molar-refractivity contribution in [3.05, 3.63) is 57.5 Å². The number of thiazole rings is 1. The highest BCUT2D eigenvalue weighted by Crippen LogP contribution is 2.35. The summed E-state index contributed by atoms with van der Waals surface area (Å²) in [6, 6.07) is 11.1. The standard InChI is InChI=1S/C18H16ClN3O5S2/c1-26-14-7-6-13(9-15(14)27-2)29(25)21-18-20-17(16(10-19)28-18)11-4-3-5-12(8-11)22(23)24/h3-9H,10H2,1-2H3,(H,20,21). The Hall–Kier alpha value is -2.53. The second-order valence-electron chi connectivity index (χ2n) is 5.62. The number of hydrogen-bond acceptors (Lipinski definition) is 8. The zero-order valence-electron chi connectivity index (χ0n) is 15.4. The number of halogens is 1. The summed E-state index contributed by atoms with van der Waals surface area (Å²) in [5, 5.41) is 11.4. The van der Waals surface area contributed by atoms with Gasteiger partial charge in [-0.15, -0.1) is 11.6 Å². The Morgan fingerprint density at radius 1 is 1.21 bits per heavy atom. The maximum absolute atomic E-state index is 12.7. The van der Waals surface area contributed by atoms with Gasteiger partial charge in [-0.05, 0) is 12.1 Å². The van der Waals surface area contributed by atoms with Crippen molar-refractivity contribution >= 4 is 45.1 Å². The maximum Gasteiger partial charge on any atom is 0.270 e. The van der Waals surface area contributed by atoms with Crippen molar-refractivity contribution in [3.8, 4) is 22.8 Å². The van der Waals surface area contributed by atoms with E-state index < -0.39 is 16.3 Å². The van der Waals surface area contributed by atoms with E-state index in [2.05, 4.69) is 9.71 Å². The lowest BCUT2D eigenvalue weighted by Crippen LogP contribution is -2.13. The van der Waals surface area contributed by atoms with Gasteiger partial charge in [0.2, 0.25) is 5.13 Å². The second-order valence-corrected chi connectivity index (χ2v) is 8.18. The molecular weight excluding hydrogens is 438 g/mol. The molecule has 8 nitrogen and oxygen atoms in total. The van der Waals surface area contributed by atoms with Crippen LogP contribution in [-0.4, -0.2) is 28.7 Å². The molecular formula is C18H16ClN3O5S2. The first-order valence-corrected chi connectivity index (χ1v) is 10.7. The summed E-state index contributed by atoms with van der Waals surface area (Å²) < 4.78 is 26.0. The van der Waals surface area contributed by atoms with Crippen LogP contribution in [0.5, 0.6) is 11.5 Å². The minimum Gasteiger partial charge on any atom is -0.588 e. The molecule has 3 aromatic rings. The van der Waals surface area contributed by atoms with Crippen molar-refractivity contribution < 1.29 is 18.9 Å². The minimum atomic E-state index is -1.61. The van der Waals surface area contributed by atoms with Gasteiger partial charge in [0, 0.05) is 28.6 Å². The average molecular weight is 454 g/mol. The highest BCUT2D eigenvalue weighted by molar-refractivity contribution is 7.93. The number of ether oxygens (including phenoxy) is 2. The molecule has 1 aromatic heterocycles. The number of non-ortho nitro benzene ring substituents is 1. The smallest absolute Gasteiger partial charge is 0.270 e. The molecule has 1 N–H and O–H groups in total. The topological polar surface area (TPSA) is 110 Å². The first kappa shape index (κ1) is 21.2. The number of methoxy groups -OCH3 is 2. The normalized spacial score (nSPS) is 11.7. The first-order chi connectivity index (χ1) is 14.0. The highest BCUT2D eigenvalue weighted by Gasteiger charge is 2.20. The predicted molar refractivity (Wildman–Crippen MR) is 113 cm³/mol. The molecule has 1 heterocycles. The van der Waals surface area contributed by atoms with E-state index in [9.17, 15) is 14.7 Å². The monoisotopic (exact) mass is 453 g/mol. The molecule has 0 aliphatic rings. The van der Waals surface area contributed by atoms with Crippen LogP contribution in [0.25, 0.3) is 11.3 Å². The molecule has 0 spiro atoms. The van der Waals surface area contributed by atoms with Crippen LogP contribution in [0.3, 0.4) is 0 Å². The molecule has 0 bridgehead atoms. The fourth-order valence-electron chi connectivity index (χ4n) is 2.55. The number of benzene rings is 2. The van der Waals surface area contributed by atoms with Crippen molar-refractivity contribution in [2.45, 2.75) is 10.8 Å². The van der Waals surface area contributed by atoms with E-state index in [0.29, 0.717) is 37.7 Å². The Morgan fingerprint density at radius 2 is 1.97 bits per heavy atom. The second kappa shape index (κ2) is 9.31. The number of nitrogens with one attached hydrogen (secondary N) is 1. The van der Waals surface area contributed by atoms with Crippen LogP contribution in [0, 0.1) is 10.1 Å². The van der Waals surface area contributed by atoms with Gasteiger partial charge in [-0.25, -0.2) is 4.98 Å². The third-order valence-electron chi connectivity index (χ3n) is 3.90. The fourth-order valence-corrected chi connectivity index (χ4v) is 4.65. The van der Waals surface area contributed by atoms with Gasteiger partial charge < -0.3 is 14.0 Å². The summed E-state index contributed by atoms with van der Waals surface area (Å²) in [6.07, 6.45) is 0. The molecule has 2 aromatic carbocycles. The molecule has 0 amide bonds. The van der Waals surface area contributed by atoms with Crippen molar-refractivity contribution in [1.29, 1.82) is 0 Å². The van der Waals surface area contributed by atoms with E-state index >= 15 is 0 Å². The summed E-state index contributed by atoms with van der Waals surface area (Å²) in [5.74, 6) is 1.15. The third kappa shape index (κ3) is 4.73. The maximum atomic E-state index is 12.7. The fraction of sp³-hybridized carbons (Fsp3) is 0.167. The molecule has 3 rings (SSSR count).